The van der Waals surface area contributed by atoms with Crippen LogP contribution in [0.1, 0.15) is 30.1 Å². The number of carbonyl (C=O) groups excluding carboxylic acids is 1. The van der Waals surface area contributed by atoms with Gasteiger partial charge in [0.25, 0.3) is 0 Å². The van der Waals surface area contributed by atoms with Crippen LogP contribution in [0.3, 0.4) is 0 Å². The second kappa shape index (κ2) is 6.30. The topological polar surface area (TPSA) is 65.5 Å². The molecule has 140 valence electrons. The van der Waals surface area contributed by atoms with Crippen LogP contribution in [0.4, 0.5) is 9.18 Å². The fraction of sp³-hybridized carbons (Fsp3) is 0.429. The molecule has 1 saturated heterocycles. The van der Waals surface area contributed by atoms with E-state index < -0.39 is 12.1 Å². The molecular formula is C21H22FN3O2. The fourth-order valence-electron chi connectivity index (χ4n) is 5.42. The van der Waals surface area contributed by atoms with E-state index in [2.05, 4.69) is 10.3 Å². The number of carbonyl (C=O) groups is 1. The number of benzene rings is 1. The van der Waals surface area contributed by atoms with Gasteiger partial charge in [0.1, 0.15) is 5.82 Å². The standard InChI is InChI=1S/C21H22FN3O2/c22-15-5-3-4-12(9-15)18(17-6-1-2-7-23-17)24-21(27)25-11-14-8-13-10-16(14)19(25)20(13)26/h1-7,9,13-14,16,18-20,26H,8,10-11H2,(H,24,27). The van der Waals surface area contributed by atoms with E-state index in [1.165, 1.54) is 12.1 Å². The molecule has 2 N–H and O–H groups in total. The van der Waals surface area contributed by atoms with E-state index in [1.54, 1.807) is 29.3 Å². The highest BCUT2D eigenvalue weighted by Gasteiger charge is 2.60. The predicted octanol–water partition coefficient (Wildman–Crippen LogP) is 2.72. The molecular weight excluding hydrogens is 345 g/mol. The molecule has 2 heterocycles. The Kier molecular flexibility index (Phi) is 3.90. The first-order valence-corrected chi connectivity index (χ1v) is 9.53. The van der Waals surface area contributed by atoms with Gasteiger partial charge in [-0.1, -0.05) is 18.2 Å². The lowest BCUT2D eigenvalue weighted by atomic mass is 9.88. The summed E-state index contributed by atoms with van der Waals surface area (Å²) in [5.41, 5.74) is 1.30. The van der Waals surface area contributed by atoms with Crippen LogP contribution in [0.25, 0.3) is 0 Å². The summed E-state index contributed by atoms with van der Waals surface area (Å²) in [6.07, 6.45) is 3.27. The minimum atomic E-state index is -0.540. The number of nitrogens with zero attached hydrogens (tertiary/aromatic N) is 2. The third-order valence-electron chi connectivity index (χ3n) is 6.54. The van der Waals surface area contributed by atoms with Crippen molar-refractivity contribution in [3.8, 4) is 0 Å². The van der Waals surface area contributed by atoms with Crippen molar-refractivity contribution in [2.75, 3.05) is 6.54 Å². The Hall–Kier alpha value is -2.47. The Morgan fingerprint density at radius 2 is 2.11 bits per heavy atom. The number of halogens is 1. The van der Waals surface area contributed by atoms with E-state index in [-0.39, 0.29) is 17.9 Å². The van der Waals surface area contributed by atoms with Crippen molar-refractivity contribution < 1.29 is 14.3 Å². The van der Waals surface area contributed by atoms with Gasteiger partial charge >= 0.3 is 6.03 Å². The molecule has 0 spiro atoms. The maximum atomic E-state index is 13.8. The molecule has 2 saturated carbocycles. The third-order valence-corrected chi connectivity index (χ3v) is 6.54. The van der Waals surface area contributed by atoms with Gasteiger partial charge in [-0.25, -0.2) is 9.18 Å². The molecule has 1 aliphatic heterocycles. The van der Waals surface area contributed by atoms with Gasteiger partial charge in [-0.2, -0.15) is 0 Å². The van der Waals surface area contributed by atoms with Crippen LogP contribution < -0.4 is 5.32 Å². The first kappa shape index (κ1) is 16.7. The highest BCUT2D eigenvalue weighted by Crippen LogP contribution is 2.54. The molecule has 3 aliphatic rings. The SMILES string of the molecule is O=C(NC(c1cccc(F)c1)c1ccccn1)N1CC2CC3CC2C1C3O. The van der Waals surface area contributed by atoms with Crippen LogP contribution in [0.5, 0.6) is 0 Å². The Morgan fingerprint density at radius 3 is 2.85 bits per heavy atom. The van der Waals surface area contributed by atoms with Crippen molar-refractivity contribution in [1.29, 1.82) is 0 Å². The fourth-order valence-corrected chi connectivity index (χ4v) is 5.42. The largest absolute Gasteiger partial charge is 0.391 e. The maximum Gasteiger partial charge on any atom is 0.318 e. The average molecular weight is 367 g/mol. The van der Waals surface area contributed by atoms with E-state index in [4.69, 9.17) is 0 Å². The number of hydrogen-bond donors (Lipinski definition) is 2. The molecule has 2 aromatic rings. The number of likely N-dealkylation sites (tertiary alicyclic amines) is 1. The molecule has 2 amide bonds. The number of nitrogens with one attached hydrogen (secondary N) is 1. The molecule has 6 unspecified atom stereocenters. The number of amides is 2. The van der Waals surface area contributed by atoms with Crippen molar-refractivity contribution >= 4 is 6.03 Å². The average Bonchev–Trinajstić information content (AvgIpc) is 3.30. The van der Waals surface area contributed by atoms with Gasteiger partial charge in [-0.05, 0) is 60.4 Å². The molecule has 1 aromatic carbocycles. The molecule has 3 fully saturated rings. The van der Waals surface area contributed by atoms with Crippen LogP contribution in [0.2, 0.25) is 0 Å². The molecule has 1 aromatic heterocycles. The van der Waals surface area contributed by atoms with E-state index >= 15 is 0 Å². The van der Waals surface area contributed by atoms with Crippen LogP contribution in [0.15, 0.2) is 48.7 Å². The second-order valence-corrected chi connectivity index (χ2v) is 7.98. The Labute approximate surface area is 157 Å². The second-order valence-electron chi connectivity index (χ2n) is 7.98. The predicted molar refractivity (Wildman–Crippen MR) is 97.2 cm³/mol. The number of urea groups is 1. The monoisotopic (exact) mass is 367 g/mol. The van der Waals surface area contributed by atoms with Crippen molar-refractivity contribution in [2.24, 2.45) is 17.8 Å². The van der Waals surface area contributed by atoms with Crippen LogP contribution >= 0.6 is 0 Å². The Morgan fingerprint density at radius 1 is 1.22 bits per heavy atom. The summed E-state index contributed by atoms with van der Waals surface area (Å²) in [5.74, 6) is 0.892. The van der Waals surface area contributed by atoms with E-state index in [0.717, 1.165) is 12.8 Å². The molecule has 27 heavy (non-hydrogen) atoms. The molecule has 0 radical (unpaired) electrons. The molecule has 2 bridgehead atoms. The first-order chi connectivity index (χ1) is 13.1. The first-order valence-electron chi connectivity index (χ1n) is 9.53. The van der Waals surface area contributed by atoms with Gasteiger partial charge < -0.3 is 15.3 Å². The van der Waals surface area contributed by atoms with Gasteiger partial charge in [0.15, 0.2) is 0 Å². The maximum absolute atomic E-state index is 13.8. The zero-order chi connectivity index (χ0) is 18.5. The zero-order valence-electron chi connectivity index (χ0n) is 14.8. The summed E-state index contributed by atoms with van der Waals surface area (Å²) in [6.45, 7) is 0.687. The zero-order valence-corrected chi connectivity index (χ0v) is 14.8. The van der Waals surface area contributed by atoms with Crippen molar-refractivity contribution in [3.05, 3.63) is 65.7 Å². The van der Waals surface area contributed by atoms with Gasteiger partial charge in [-0.3, -0.25) is 4.98 Å². The van der Waals surface area contributed by atoms with Gasteiger partial charge in [0.05, 0.1) is 23.9 Å². The lowest BCUT2D eigenvalue weighted by molar-refractivity contribution is 0.0606. The lowest BCUT2D eigenvalue weighted by Gasteiger charge is -2.30. The number of hydrogen-bond acceptors (Lipinski definition) is 3. The summed E-state index contributed by atoms with van der Waals surface area (Å²) in [4.78, 5) is 19.3. The van der Waals surface area contributed by atoms with Crippen LogP contribution in [-0.2, 0) is 0 Å². The van der Waals surface area contributed by atoms with E-state index in [9.17, 15) is 14.3 Å². The number of aliphatic hydroxyl groups is 1. The number of aliphatic hydroxyl groups excluding tert-OH is 1. The van der Waals surface area contributed by atoms with Crippen LogP contribution in [0, 0.1) is 23.6 Å². The molecule has 5 rings (SSSR count). The summed E-state index contributed by atoms with van der Waals surface area (Å²) in [6, 6.07) is 10.9. The Bertz CT molecular complexity index is 860. The molecule has 6 heteroatoms. The van der Waals surface area contributed by atoms with Gasteiger partial charge in [-0.15, -0.1) is 0 Å². The molecule has 6 atom stereocenters. The Balaban J connectivity index is 1.43. The minimum Gasteiger partial charge on any atom is -0.391 e. The van der Waals surface area contributed by atoms with Crippen LogP contribution in [-0.4, -0.2) is 39.7 Å². The number of rotatable bonds is 3. The number of pyridine rings is 1. The highest BCUT2D eigenvalue weighted by molar-refractivity contribution is 5.76. The van der Waals surface area contributed by atoms with E-state index in [1.807, 2.05) is 12.1 Å². The smallest absolute Gasteiger partial charge is 0.318 e. The summed E-state index contributed by atoms with van der Waals surface area (Å²) >= 11 is 0. The van der Waals surface area contributed by atoms with Gasteiger partial charge in [0, 0.05) is 12.7 Å². The normalized spacial score (nSPS) is 31.9. The number of aromatic nitrogens is 1. The molecule has 2 aliphatic carbocycles. The van der Waals surface area contributed by atoms with Crippen molar-refractivity contribution in [2.45, 2.75) is 31.0 Å². The summed E-state index contributed by atoms with van der Waals surface area (Å²) in [5, 5.41) is 13.6. The minimum absolute atomic E-state index is 0.0920. The van der Waals surface area contributed by atoms with E-state index in [0.29, 0.717) is 35.6 Å². The number of fused-ring (bicyclic) bond motifs is 1. The van der Waals surface area contributed by atoms with Crippen molar-refractivity contribution in [1.82, 2.24) is 15.2 Å². The quantitative estimate of drug-likeness (QED) is 0.877. The lowest BCUT2D eigenvalue weighted by Crippen LogP contribution is -2.49. The molecule has 5 nitrogen and oxygen atoms in total. The summed E-state index contributed by atoms with van der Waals surface area (Å²) in [7, 11) is 0. The van der Waals surface area contributed by atoms with Crippen molar-refractivity contribution in [3.63, 3.8) is 0 Å². The highest BCUT2D eigenvalue weighted by atomic mass is 19.1. The van der Waals surface area contributed by atoms with Gasteiger partial charge in [0.2, 0.25) is 0 Å². The third kappa shape index (κ3) is 2.70. The summed E-state index contributed by atoms with van der Waals surface area (Å²) < 4.78 is 13.8.